The molecule has 0 aromatic heterocycles. The molecular weight excluding hydrogens is 326 g/mol. The highest BCUT2D eigenvalue weighted by Gasteiger charge is 2.23. The van der Waals surface area contributed by atoms with Crippen molar-refractivity contribution in [3.05, 3.63) is 24.3 Å². The van der Waals surface area contributed by atoms with Gasteiger partial charge in [-0.05, 0) is 31.2 Å². The Morgan fingerprint density at radius 3 is 2.40 bits per heavy atom. The van der Waals surface area contributed by atoms with Crippen LogP contribution in [0, 0.1) is 0 Å². The molecule has 0 aliphatic carbocycles. The first-order valence-corrected chi connectivity index (χ1v) is 8.68. The summed E-state index contributed by atoms with van der Waals surface area (Å²) in [6, 6.07) is 4.81. The van der Waals surface area contributed by atoms with E-state index >= 15 is 0 Å². The van der Waals surface area contributed by atoms with E-state index in [1.165, 1.54) is 18.2 Å². The lowest BCUT2D eigenvalue weighted by Crippen LogP contribution is -2.36. The number of hydrogen-bond acceptors (Lipinski definition) is 5. The third kappa shape index (κ3) is 4.14. The standard InChI is InChI=1S/C10H15N3O4S2.ClH/c11-18(14,15)9-2-1-3-10(6-9)19(16,17)13-8-4-5-12-7-8;/h1-3,6,8,12-13H,4-5,7H2,(H2,11,14,15);1H. The molecule has 0 bridgehead atoms. The van der Waals surface area contributed by atoms with Crippen LogP contribution in [0.25, 0.3) is 0 Å². The Morgan fingerprint density at radius 1 is 1.20 bits per heavy atom. The normalized spacial score (nSPS) is 19.6. The number of sulfonamides is 2. The van der Waals surface area contributed by atoms with Crippen LogP contribution in [0.1, 0.15) is 6.42 Å². The molecule has 10 heteroatoms. The summed E-state index contributed by atoms with van der Waals surface area (Å²) < 4.78 is 49.1. The van der Waals surface area contributed by atoms with Gasteiger partial charge in [0.2, 0.25) is 20.0 Å². The van der Waals surface area contributed by atoms with E-state index in [4.69, 9.17) is 5.14 Å². The minimum atomic E-state index is -3.92. The Bertz CT molecular complexity index is 669. The first-order valence-electron chi connectivity index (χ1n) is 5.65. The van der Waals surface area contributed by atoms with Gasteiger partial charge < -0.3 is 5.32 Å². The minimum absolute atomic E-state index is 0. The van der Waals surface area contributed by atoms with Crippen molar-refractivity contribution in [3.63, 3.8) is 0 Å². The number of benzene rings is 1. The summed E-state index contributed by atoms with van der Waals surface area (Å²) in [5, 5.41) is 8.02. The van der Waals surface area contributed by atoms with Crippen LogP contribution in [0.3, 0.4) is 0 Å². The molecule has 0 saturated carbocycles. The number of primary sulfonamides is 1. The SMILES string of the molecule is Cl.NS(=O)(=O)c1cccc(S(=O)(=O)NC2CCNC2)c1. The van der Waals surface area contributed by atoms with E-state index in [-0.39, 0.29) is 28.2 Å². The van der Waals surface area contributed by atoms with Gasteiger partial charge in [-0.15, -0.1) is 12.4 Å². The van der Waals surface area contributed by atoms with Crippen LogP contribution in [0.2, 0.25) is 0 Å². The summed E-state index contributed by atoms with van der Waals surface area (Å²) in [6.07, 6.45) is 0.702. The van der Waals surface area contributed by atoms with Gasteiger partial charge in [-0.1, -0.05) is 6.07 Å². The highest BCUT2D eigenvalue weighted by molar-refractivity contribution is 7.90. The van der Waals surface area contributed by atoms with Crippen molar-refractivity contribution in [2.45, 2.75) is 22.3 Å². The van der Waals surface area contributed by atoms with Gasteiger partial charge in [0.15, 0.2) is 0 Å². The van der Waals surface area contributed by atoms with E-state index in [1.807, 2.05) is 0 Å². The third-order valence-corrected chi connectivity index (χ3v) is 5.26. The topological polar surface area (TPSA) is 118 Å². The van der Waals surface area contributed by atoms with E-state index in [0.29, 0.717) is 13.0 Å². The molecular formula is C10H16ClN3O4S2. The maximum Gasteiger partial charge on any atom is 0.240 e. The summed E-state index contributed by atoms with van der Waals surface area (Å²) in [5.74, 6) is 0. The van der Waals surface area contributed by atoms with Gasteiger partial charge in [0.25, 0.3) is 0 Å². The quantitative estimate of drug-likeness (QED) is 0.675. The number of nitrogens with two attached hydrogens (primary N) is 1. The predicted molar refractivity (Wildman–Crippen MR) is 76.7 cm³/mol. The van der Waals surface area contributed by atoms with E-state index in [9.17, 15) is 16.8 Å². The average Bonchev–Trinajstić information content (AvgIpc) is 2.80. The summed E-state index contributed by atoms with van der Waals surface area (Å²) in [5.41, 5.74) is 0. The van der Waals surface area contributed by atoms with Crippen molar-refractivity contribution in [3.8, 4) is 0 Å². The summed E-state index contributed by atoms with van der Waals surface area (Å²) in [4.78, 5) is -0.328. The second-order valence-corrected chi connectivity index (χ2v) is 7.61. The van der Waals surface area contributed by atoms with Crippen molar-refractivity contribution in [1.29, 1.82) is 0 Å². The zero-order chi connectivity index (χ0) is 14.1. The Morgan fingerprint density at radius 2 is 1.85 bits per heavy atom. The van der Waals surface area contributed by atoms with Crippen molar-refractivity contribution < 1.29 is 16.8 Å². The smallest absolute Gasteiger partial charge is 0.240 e. The van der Waals surface area contributed by atoms with Crippen LogP contribution in [0.4, 0.5) is 0 Å². The lowest BCUT2D eigenvalue weighted by molar-refractivity contribution is 0.560. The summed E-state index contributed by atoms with van der Waals surface area (Å²) in [7, 11) is -7.65. The maximum absolute atomic E-state index is 12.1. The largest absolute Gasteiger partial charge is 0.315 e. The first kappa shape index (κ1) is 17.3. The zero-order valence-electron chi connectivity index (χ0n) is 10.4. The average molecular weight is 342 g/mol. The van der Waals surface area contributed by atoms with Crippen molar-refractivity contribution in [2.75, 3.05) is 13.1 Å². The molecule has 1 atom stereocenters. The van der Waals surface area contributed by atoms with Gasteiger partial charge in [-0.25, -0.2) is 26.7 Å². The second kappa shape index (κ2) is 6.37. The molecule has 1 heterocycles. The molecule has 1 aliphatic rings. The molecule has 114 valence electrons. The number of rotatable bonds is 4. The number of nitrogens with one attached hydrogen (secondary N) is 2. The van der Waals surface area contributed by atoms with Crippen LogP contribution in [0.15, 0.2) is 34.1 Å². The van der Waals surface area contributed by atoms with Crippen LogP contribution in [-0.4, -0.2) is 36.0 Å². The monoisotopic (exact) mass is 341 g/mol. The number of hydrogen-bond donors (Lipinski definition) is 3. The van der Waals surface area contributed by atoms with Gasteiger partial charge in [0, 0.05) is 12.6 Å². The van der Waals surface area contributed by atoms with Crippen molar-refractivity contribution in [2.24, 2.45) is 5.14 Å². The van der Waals surface area contributed by atoms with Gasteiger partial charge in [0.05, 0.1) is 9.79 Å². The van der Waals surface area contributed by atoms with Crippen molar-refractivity contribution in [1.82, 2.24) is 10.0 Å². The molecule has 0 radical (unpaired) electrons. The van der Waals surface area contributed by atoms with Gasteiger partial charge in [-0.2, -0.15) is 0 Å². The van der Waals surface area contributed by atoms with Crippen LogP contribution in [-0.2, 0) is 20.0 Å². The molecule has 1 aromatic rings. The fraction of sp³-hybridized carbons (Fsp3) is 0.400. The molecule has 1 aromatic carbocycles. The maximum atomic E-state index is 12.1. The molecule has 1 unspecified atom stereocenters. The fourth-order valence-electron chi connectivity index (χ4n) is 1.86. The van der Waals surface area contributed by atoms with Gasteiger partial charge in [-0.3, -0.25) is 0 Å². The Hall–Kier alpha value is -0.710. The predicted octanol–water partition coefficient (Wildman–Crippen LogP) is -0.604. The molecule has 0 amide bonds. The first-order chi connectivity index (χ1) is 8.79. The highest BCUT2D eigenvalue weighted by Crippen LogP contribution is 2.15. The zero-order valence-corrected chi connectivity index (χ0v) is 12.9. The molecule has 1 saturated heterocycles. The van der Waals surface area contributed by atoms with E-state index < -0.39 is 20.0 Å². The highest BCUT2D eigenvalue weighted by atomic mass is 35.5. The molecule has 1 fully saturated rings. The fourth-order valence-corrected chi connectivity index (χ4v) is 3.81. The number of halogens is 1. The lowest BCUT2D eigenvalue weighted by Gasteiger charge is -2.12. The van der Waals surface area contributed by atoms with E-state index in [2.05, 4.69) is 10.0 Å². The van der Waals surface area contributed by atoms with E-state index in [0.717, 1.165) is 12.6 Å². The summed E-state index contributed by atoms with van der Waals surface area (Å²) >= 11 is 0. The Labute approximate surface area is 124 Å². The molecule has 20 heavy (non-hydrogen) atoms. The molecule has 4 N–H and O–H groups in total. The van der Waals surface area contributed by atoms with Crippen LogP contribution in [0.5, 0.6) is 0 Å². The molecule has 2 rings (SSSR count). The molecule has 1 aliphatic heterocycles. The van der Waals surface area contributed by atoms with Crippen molar-refractivity contribution >= 4 is 32.5 Å². The van der Waals surface area contributed by atoms with Crippen LogP contribution < -0.4 is 15.2 Å². The second-order valence-electron chi connectivity index (χ2n) is 4.33. The lowest BCUT2D eigenvalue weighted by atomic mass is 10.3. The van der Waals surface area contributed by atoms with Crippen LogP contribution >= 0.6 is 12.4 Å². The van der Waals surface area contributed by atoms with Gasteiger partial charge in [0.1, 0.15) is 0 Å². The Balaban J connectivity index is 0.00000200. The summed E-state index contributed by atoms with van der Waals surface area (Å²) in [6.45, 7) is 1.32. The molecule has 0 spiro atoms. The molecule has 7 nitrogen and oxygen atoms in total. The van der Waals surface area contributed by atoms with Gasteiger partial charge >= 0.3 is 0 Å². The van der Waals surface area contributed by atoms with E-state index in [1.54, 1.807) is 0 Å². The Kier molecular flexibility index (Phi) is 5.53. The third-order valence-electron chi connectivity index (χ3n) is 2.83. The minimum Gasteiger partial charge on any atom is -0.315 e.